The molecule has 0 saturated heterocycles. The van der Waals surface area contributed by atoms with Crippen molar-refractivity contribution >= 4 is 0 Å². The summed E-state index contributed by atoms with van der Waals surface area (Å²) in [6, 6.07) is 8.72. The van der Waals surface area contributed by atoms with Gasteiger partial charge in [0.1, 0.15) is 11.5 Å². The number of ether oxygens (including phenoxy) is 2. The number of rotatable bonds is 10. The summed E-state index contributed by atoms with van der Waals surface area (Å²) in [6.07, 6.45) is 12.6. The van der Waals surface area contributed by atoms with Gasteiger partial charge in [-0.15, -0.1) is 0 Å². The summed E-state index contributed by atoms with van der Waals surface area (Å²) in [5.41, 5.74) is 0. The summed E-state index contributed by atoms with van der Waals surface area (Å²) >= 11 is 0. The van der Waals surface area contributed by atoms with Crippen LogP contribution in [0.25, 0.3) is 0 Å². The molecule has 0 aliphatic rings. The van der Waals surface area contributed by atoms with E-state index in [-0.39, 0.29) is 0 Å². The van der Waals surface area contributed by atoms with E-state index in [2.05, 4.69) is 44.2 Å². The minimum atomic E-state index is 0.676. The van der Waals surface area contributed by atoms with Crippen molar-refractivity contribution < 1.29 is 9.47 Å². The molecule has 0 bridgehead atoms. The van der Waals surface area contributed by atoms with Crippen molar-refractivity contribution in [3.05, 3.63) is 48.6 Å². The van der Waals surface area contributed by atoms with Gasteiger partial charge in [0, 0.05) is 12.1 Å². The van der Waals surface area contributed by atoms with Crippen LogP contribution in [-0.2, 0) is 0 Å². The maximum absolute atomic E-state index is 5.67. The van der Waals surface area contributed by atoms with E-state index in [1.807, 2.05) is 18.2 Å². The van der Waals surface area contributed by atoms with Crippen LogP contribution in [0.3, 0.4) is 0 Å². The van der Waals surface area contributed by atoms with E-state index in [1.165, 1.54) is 0 Å². The Balaban J connectivity index is 2.29. The third-order valence-corrected chi connectivity index (χ3v) is 2.65. The summed E-state index contributed by atoms with van der Waals surface area (Å²) in [4.78, 5) is 0. The molecule has 0 aromatic heterocycles. The summed E-state index contributed by atoms with van der Waals surface area (Å²) in [6.45, 7) is 5.63. The van der Waals surface area contributed by atoms with E-state index in [0.29, 0.717) is 13.2 Å². The molecule has 0 unspecified atom stereocenters. The molecule has 0 fully saturated rings. The molecule has 0 heterocycles. The zero-order valence-electron chi connectivity index (χ0n) is 12.6. The standard InChI is InChI=1S/C18H25O2/c1-3-5-7-9-14-19-17-12-11-13-18(16-17)20-15-10-8-6-4-2/h5-8,11-12,16H,3-4,9-10,14-15H2,1-2H3. The number of hydrogen-bond acceptors (Lipinski definition) is 2. The molecule has 0 amide bonds. The SMILES string of the molecule is CCC=CCCOc1[c]ccc(OCCC=CCC)c1. The van der Waals surface area contributed by atoms with Gasteiger partial charge in [-0.2, -0.15) is 0 Å². The van der Waals surface area contributed by atoms with Gasteiger partial charge in [-0.25, -0.2) is 0 Å². The van der Waals surface area contributed by atoms with Gasteiger partial charge in [-0.3, -0.25) is 0 Å². The van der Waals surface area contributed by atoms with Crippen LogP contribution in [0.15, 0.2) is 42.5 Å². The van der Waals surface area contributed by atoms with E-state index in [1.54, 1.807) is 0 Å². The number of hydrogen-bond donors (Lipinski definition) is 0. The van der Waals surface area contributed by atoms with Crippen LogP contribution in [0.2, 0.25) is 0 Å². The molecular formula is C18H25O2. The van der Waals surface area contributed by atoms with Crippen molar-refractivity contribution in [1.29, 1.82) is 0 Å². The molecule has 109 valence electrons. The predicted octanol–water partition coefficient (Wildman–Crippen LogP) is 4.96. The highest BCUT2D eigenvalue weighted by atomic mass is 16.5. The third kappa shape index (κ3) is 7.67. The molecule has 2 nitrogen and oxygen atoms in total. The molecule has 0 spiro atoms. The van der Waals surface area contributed by atoms with Gasteiger partial charge >= 0.3 is 0 Å². The molecule has 2 heteroatoms. The average molecular weight is 273 g/mol. The monoisotopic (exact) mass is 273 g/mol. The Labute approximate surface area is 123 Å². The topological polar surface area (TPSA) is 18.5 Å². The van der Waals surface area contributed by atoms with Crippen molar-refractivity contribution in [3.63, 3.8) is 0 Å². The Morgan fingerprint density at radius 1 is 0.950 bits per heavy atom. The van der Waals surface area contributed by atoms with Gasteiger partial charge in [0.25, 0.3) is 0 Å². The quantitative estimate of drug-likeness (QED) is 0.443. The Hall–Kier alpha value is -1.70. The molecular weight excluding hydrogens is 248 g/mol. The van der Waals surface area contributed by atoms with Crippen LogP contribution >= 0.6 is 0 Å². The van der Waals surface area contributed by atoms with Gasteiger partial charge in [-0.05, 0) is 37.8 Å². The molecule has 1 radical (unpaired) electrons. The second-order valence-corrected chi connectivity index (χ2v) is 4.42. The normalized spacial score (nSPS) is 11.3. The molecule has 1 aromatic carbocycles. The van der Waals surface area contributed by atoms with E-state index in [0.717, 1.165) is 37.2 Å². The van der Waals surface area contributed by atoms with Crippen LogP contribution in [0.4, 0.5) is 0 Å². The lowest BCUT2D eigenvalue weighted by atomic mass is 10.3. The second-order valence-electron chi connectivity index (χ2n) is 4.42. The molecule has 20 heavy (non-hydrogen) atoms. The Morgan fingerprint density at radius 2 is 1.60 bits per heavy atom. The van der Waals surface area contributed by atoms with Gasteiger partial charge in [-0.1, -0.05) is 38.2 Å². The highest BCUT2D eigenvalue weighted by molar-refractivity contribution is 5.31. The first-order chi connectivity index (χ1) is 9.86. The Kier molecular flexibility index (Phi) is 9.12. The molecule has 1 aromatic rings. The fourth-order valence-electron chi connectivity index (χ4n) is 1.65. The average Bonchev–Trinajstić information content (AvgIpc) is 2.47. The van der Waals surface area contributed by atoms with Crippen molar-refractivity contribution in [3.8, 4) is 11.5 Å². The van der Waals surface area contributed by atoms with Crippen molar-refractivity contribution in [2.45, 2.75) is 39.5 Å². The van der Waals surface area contributed by atoms with Crippen molar-refractivity contribution in [2.24, 2.45) is 0 Å². The Morgan fingerprint density at radius 3 is 2.25 bits per heavy atom. The number of allylic oxidation sites excluding steroid dienone is 2. The lowest BCUT2D eigenvalue weighted by molar-refractivity contribution is 0.308. The van der Waals surface area contributed by atoms with Crippen molar-refractivity contribution in [2.75, 3.05) is 13.2 Å². The van der Waals surface area contributed by atoms with Crippen LogP contribution in [-0.4, -0.2) is 13.2 Å². The highest BCUT2D eigenvalue weighted by Crippen LogP contribution is 2.19. The van der Waals surface area contributed by atoms with Gasteiger partial charge in [0.15, 0.2) is 0 Å². The fraction of sp³-hybridized carbons (Fsp3) is 0.444. The summed E-state index contributed by atoms with van der Waals surface area (Å²) in [7, 11) is 0. The largest absolute Gasteiger partial charge is 0.493 e. The van der Waals surface area contributed by atoms with Crippen LogP contribution < -0.4 is 9.47 Å². The zero-order valence-corrected chi connectivity index (χ0v) is 12.6. The molecule has 0 atom stereocenters. The van der Waals surface area contributed by atoms with Gasteiger partial charge in [0.05, 0.1) is 13.2 Å². The highest BCUT2D eigenvalue weighted by Gasteiger charge is 1.97. The first-order valence-electron chi connectivity index (χ1n) is 7.44. The van der Waals surface area contributed by atoms with Crippen molar-refractivity contribution in [1.82, 2.24) is 0 Å². The van der Waals surface area contributed by atoms with E-state index < -0.39 is 0 Å². The minimum absolute atomic E-state index is 0.676. The van der Waals surface area contributed by atoms with E-state index in [9.17, 15) is 0 Å². The molecule has 0 N–H and O–H groups in total. The van der Waals surface area contributed by atoms with Gasteiger partial charge in [0.2, 0.25) is 0 Å². The van der Waals surface area contributed by atoms with Crippen LogP contribution in [0.5, 0.6) is 11.5 Å². The lowest BCUT2D eigenvalue weighted by Crippen LogP contribution is -1.98. The molecule has 0 saturated carbocycles. The maximum atomic E-state index is 5.67. The fourth-order valence-corrected chi connectivity index (χ4v) is 1.65. The smallest absolute Gasteiger partial charge is 0.130 e. The minimum Gasteiger partial charge on any atom is -0.493 e. The third-order valence-electron chi connectivity index (χ3n) is 2.65. The Bertz CT molecular complexity index is 372. The van der Waals surface area contributed by atoms with Gasteiger partial charge < -0.3 is 9.47 Å². The van der Waals surface area contributed by atoms with Crippen LogP contribution in [0, 0.1) is 6.07 Å². The first kappa shape index (κ1) is 16.4. The molecule has 0 aliphatic carbocycles. The second kappa shape index (κ2) is 11.2. The lowest BCUT2D eigenvalue weighted by Gasteiger charge is -2.08. The van der Waals surface area contributed by atoms with Crippen LogP contribution in [0.1, 0.15) is 39.5 Å². The predicted molar refractivity (Wildman–Crippen MR) is 84.4 cm³/mol. The first-order valence-corrected chi connectivity index (χ1v) is 7.44. The molecule has 0 aliphatic heterocycles. The van der Waals surface area contributed by atoms with E-state index in [4.69, 9.17) is 9.47 Å². The van der Waals surface area contributed by atoms with E-state index >= 15 is 0 Å². The molecule has 1 rings (SSSR count). The number of benzene rings is 1. The summed E-state index contributed by atoms with van der Waals surface area (Å²) in [5.74, 6) is 1.59. The zero-order chi connectivity index (χ0) is 14.5. The maximum Gasteiger partial charge on any atom is 0.130 e. The summed E-state index contributed by atoms with van der Waals surface area (Å²) in [5, 5.41) is 0. The summed E-state index contributed by atoms with van der Waals surface area (Å²) < 4.78 is 11.3.